The molecule has 0 amide bonds. The first-order chi connectivity index (χ1) is 23.6. The molecule has 3 fully saturated rings. The summed E-state index contributed by atoms with van der Waals surface area (Å²) in [5.74, 6) is -0.732. The summed E-state index contributed by atoms with van der Waals surface area (Å²) in [6, 6.07) is 6.05. The Balaban J connectivity index is 1.23. The van der Waals surface area contributed by atoms with Crippen LogP contribution >= 0.6 is 19.3 Å². The standard InChI is InChI=1S/C29H40ClN8O10PS/c1-28(41)22(39)20(47-25(28)38-16-32-21-23(35-37-50(2,43)44)33-27(31)34-24(21)38)15-45-49(42,48-19-11-9-17(30)10-12-19)36-29(13-6-14-29)26(40)46-18-7-4-3-5-8-18/h9-12,16,18,20,22,25,37,39,41H,3-8,13-15H2,1-2H3,(H,36,42)(H3,31,33,34,35)/t20?,22-,25?,28-,49?/m1/s1. The van der Waals surface area contributed by atoms with Crippen molar-refractivity contribution in [2.24, 2.45) is 0 Å². The molecule has 1 saturated heterocycles. The van der Waals surface area contributed by atoms with E-state index in [1.165, 1.54) is 42.1 Å². The van der Waals surface area contributed by atoms with Gasteiger partial charge in [0.2, 0.25) is 16.0 Å². The number of ether oxygens (including phenoxy) is 2. The molecule has 21 heteroatoms. The first-order valence-corrected chi connectivity index (χ1v) is 19.9. The van der Waals surface area contributed by atoms with E-state index in [1.54, 1.807) is 0 Å². The quantitative estimate of drug-likeness (QED) is 0.0832. The van der Waals surface area contributed by atoms with Gasteiger partial charge in [0.25, 0.3) is 0 Å². The summed E-state index contributed by atoms with van der Waals surface area (Å²) < 4.78 is 62.7. The van der Waals surface area contributed by atoms with Crippen LogP contribution in [0.3, 0.4) is 0 Å². The lowest BCUT2D eigenvalue weighted by molar-refractivity contribution is -0.162. The van der Waals surface area contributed by atoms with Gasteiger partial charge < -0.3 is 29.9 Å². The van der Waals surface area contributed by atoms with Crippen molar-refractivity contribution >= 4 is 58.3 Å². The monoisotopic (exact) mass is 758 g/mol. The molecule has 1 aliphatic heterocycles. The third-order valence-corrected chi connectivity index (χ3v) is 11.4. The molecule has 3 heterocycles. The summed E-state index contributed by atoms with van der Waals surface area (Å²) in [5.41, 5.74) is 5.09. The average Bonchev–Trinajstić information content (AvgIpc) is 3.55. The molecule has 0 radical (unpaired) electrons. The molecular formula is C29H40ClN8O10PS. The number of anilines is 2. The van der Waals surface area contributed by atoms with Gasteiger partial charge in [-0.2, -0.15) is 15.1 Å². The van der Waals surface area contributed by atoms with Gasteiger partial charge in [-0.1, -0.05) is 18.0 Å². The van der Waals surface area contributed by atoms with E-state index in [4.69, 9.17) is 35.9 Å². The fourth-order valence-corrected chi connectivity index (χ4v) is 8.35. The Morgan fingerprint density at radius 3 is 2.52 bits per heavy atom. The molecule has 2 saturated carbocycles. The minimum Gasteiger partial charge on any atom is -0.461 e. The minimum atomic E-state index is -4.41. The topological polar surface area (TPSA) is 251 Å². The Morgan fingerprint density at radius 1 is 1.18 bits per heavy atom. The zero-order chi connectivity index (χ0) is 35.9. The molecular weight excluding hydrogens is 719 g/mol. The lowest BCUT2D eigenvalue weighted by atomic mass is 9.77. The van der Waals surface area contributed by atoms with Gasteiger partial charge in [0, 0.05) is 5.02 Å². The van der Waals surface area contributed by atoms with E-state index in [-0.39, 0.29) is 34.8 Å². The van der Waals surface area contributed by atoms with Crippen molar-refractivity contribution < 1.29 is 46.5 Å². The van der Waals surface area contributed by atoms with Gasteiger partial charge in [-0.3, -0.25) is 19.3 Å². The second kappa shape index (κ2) is 14.1. The number of aliphatic hydroxyl groups is 2. The van der Waals surface area contributed by atoms with Crippen molar-refractivity contribution in [1.29, 1.82) is 0 Å². The molecule has 3 aliphatic rings. The number of rotatable bonds is 13. The largest absolute Gasteiger partial charge is 0.461 e. The van der Waals surface area contributed by atoms with Crippen LogP contribution in [-0.2, 0) is 33.4 Å². The number of aliphatic hydroxyl groups excluding tert-OH is 1. The van der Waals surface area contributed by atoms with Crippen molar-refractivity contribution in [3.63, 3.8) is 0 Å². The molecule has 3 unspecified atom stereocenters. The predicted octanol–water partition coefficient (Wildman–Crippen LogP) is 2.54. The number of esters is 1. The molecule has 5 atom stereocenters. The van der Waals surface area contributed by atoms with Gasteiger partial charge in [-0.25, -0.2) is 18.0 Å². The Hall–Kier alpha value is -3.13. The van der Waals surface area contributed by atoms with Crippen LogP contribution in [0.15, 0.2) is 30.6 Å². The maximum absolute atomic E-state index is 14.5. The van der Waals surface area contributed by atoms with Gasteiger partial charge in [-0.05, 0) is 76.1 Å². The summed E-state index contributed by atoms with van der Waals surface area (Å²) >= 11 is 6.04. The first-order valence-electron chi connectivity index (χ1n) is 16.1. The SMILES string of the molecule is C[C@]1(O)C(n2cnc3c(NNS(C)(=O)=O)nc(N)nc32)OC(COP(=O)(NC2(C(=O)OC3CCCCC3)CCC2)Oc2ccc(Cl)cc2)[C@H]1O. The summed E-state index contributed by atoms with van der Waals surface area (Å²) in [7, 11) is -8.10. The van der Waals surface area contributed by atoms with Crippen LogP contribution in [0.25, 0.3) is 11.2 Å². The number of benzene rings is 1. The predicted molar refractivity (Wildman–Crippen MR) is 180 cm³/mol. The Kier molecular flexibility index (Phi) is 10.4. The highest BCUT2D eigenvalue weighted by Gasteiger charge is 2.56. The molecule has 50 heavy (non-hydrogen) atoms. The average molecular weight is 759 g/mol. The van der Waals surface area contributed by atoms with Crippen LogP contribution in [0.1, 0.15) is 64.5 Å². The van der Waals surface area contributed by atoms with Crippen LogP contribution in [0, 0.1) is 0 Å². The molecule has 6 rings (SSSR count). The number of nitrogen functional groups attached to an aromatic ring is 1. The van der Waals surface area contributed by atoms with E-state index in [9.17, 15) is 28.0 Å². The Morgan fingerprint density at radius 2 is 1.88 bits per heavy atom. The highest BCUT2D eigenvalue weighted by Crippen LogP contribution is 2.52. The maximum Gasteiger partial charge on any atom is 0.459 e. The number of fused-ring (bicyclic) bond motifs is 1. The van der Waals surface area contributed by atoms with Crippen LogP contribution < -0.4 is 25.6 Å². The van der Waals surface area contributed by atoms with E-state index in [1.807, 2.05) is 0 Å². The highest BCUT2D eigenvalue weighted by molar-refractivity contribution is 7.88. The van der Waals surface area contributed by atoms with Crippen LogP contribution in [0.5, 0.6) is 5.75 Å². The van der Waals surface area contributed by atoms with Gasteiger partial charge in [0.1, 0.15) is 35.2 Å². The van der Waals surface area contributed by atoms with Crippen molar-refractivity contribution in [1.82, 2.24) is 29.4 Å². The Labute approximate surface area is 293 Å². The molecule has 2 aromatic heterocycles. The molecule has 2 aliphatic carbocycles. The fraction of sp³-hybridized carbons (Fsp3) is 0.586. The molecule has 18 nitrogen and oxygen atoms in total. The first kappa shape index (κ1) is 36.7. The summed E-state index contributed by atoms with van der Waals surface area (Å²) in [4.78, 5) is 28.0. The molecule has 3 aromatic rings. The molecule has 274 valence electrons. The number of aromatic nitrogens is 4. The number of hydrogen-bond donors (Lipinski definition) is 6. The van der Waals surface area contributed by atoms with Crippen LogP contribution in [0.4, 0.5) is 11.8 Å². The lowest BCUT2D eigenvalue weighted by Crippen LogP contribution is -2.57. The number of hydrazine groups is 1. The third kappa shape index (κ3) is 7.85. The van der Waals surface area contributed by atoms with Gasteiger partial charge >= 0.3 is 13.7 Å². The molecule has 0 spiro atoms. The number of sulfonamides is 1. The number of nitrogens with one attached hydrogen (secondary N) is 3. The maximum atomic E-state index is 14.5. The summed E-state index contributed by atoms with van der Waals surface area (Å²) in [6.45, 7) is 0.754. The fourth-order valence-electron chi connectivity index (χ4n) is 6.20. The van der Waals surface area contributed by atoms with E-state index in [0.29, 0.717) is 24.3 Å². The summed E-state index contributed by atoms with van der Waals surface area (Å²) in [5, 5.41) is 26.0. The summed E-state index contributed by atoms with van der Waals surface area (Å²) in [6.07, 6.45) is 3.59. The number of carbonyl (C=O) groups excluding carboxylic acids is 1. The molecule has 7 N–H and O–H groups in total. The third-order valence-electron chi connectivity index (χ3n) is 9.02. The second-order valence-electron chi connectivity index (χ2n) is 13.0. The number of imidazole rings is 1. The van der Waals surface area contributed by atoms with Gasteiger partial charge in [0.15, 0.2) is 23.2 Å². The smallest absolute Gasteiger partial charge is 0.459 e. The normalized spacial score (nSPS) is 26.6. The van der Waals surface area contributed by atoms with Crippen LogP contribution in [-0.4, -0.2) is 86.4 Å². The van der Waals surface area contributed by atoms with Crippen molar-refractivity contribution in [2.75, 3.05) is 24.0 Å². The lowest BCUT2D eigenvalue weighted by Gasteiger charge is -2.42. The van der Waals surface area contributed by atoms with Gasteiger partial charge in [-0.15, -0.1) is 4.83 Å². The van der Waals surface area contributed by atoms with E-state index < -0.39 is 59.9 Å². The number of hydrogen-bond acceptors (Lipinski definition) is 15. The van der Waals surface area contributed by atoms with E-state index in [2.05, 4.69) is 30.3 Å². The van der Waals surface area contributed by atoms with Crippen molar-refractivity contribution in [2.45, 2.75) is 94.0 Å². The number of halogens is 1. The Bertz CT molecular complexity index is 1870. The highest BCUT2D eigenvalue weighted by atomic mass is 35.5. The van der Waals surface area contributed by atoms with E-state index >= 15 is 0 Å². The van der Waals surface area contributed by atoms with Gasteiger partial charge in [0.05, 0.1) is 19.2 Å². The molecule has 1 aromatic carbocycles. The van der Waals surface area contributed by atoms with Crippen molar-refractivity contribution in [3.05, 3.63) is 35.6 Å². The minimum absolute atomic E-state index is 0.0381. The zero-order valence-electron chi connectivity index (χ0n) is 27.3. The number of carbonyl (C=O) groups is 1. The zero-order valence-corrected chi connectivity index (χ0v) is 29.8. The second-order valence-corrected chi connectivity index (χ2v) is 16.8. The number of nitrogens with zero attached hydrogens (tertiary/aromatic N) is 4. The number of nitrogens with two attached hydrogens (primary N) is 1. The van der Waals surface area contributed by atoms with Crippen molar-refractivity contribution in [3.8, 4) is 5.75 Å². The molecule has 0 bridgehead atoms. The van der Waals surface area contributed by atoms with E-state index in [0.717, 1.165) is 38.4 Å². The van der Waals surface area contributed by atoms with Crippen LogP contribution in [0.2, 0.25) is 5.02 Å².